The molecule has 0 aromatic heterocycles. The van der Waals surface area contributed by atoms with E-state index in [1.54, 1.807) is 6.07 Å². The first-order chi connectivity index (χ1) is 8.67. The summed E-state index contributed by atoms with van der Waals surface area (Å²) in [6, 6.07) is 12.6. The molecule has 0 radical (unpaired) electrons. The fourth-order valence-corrected chi connectivity index (χ4v) is 2.89. The third kappa shape index (κ3) is 3.73. The minimum Gasteiger partial charge on any atom is -0.316 e. The first-order valence-electron chi connectivity index (χ1n) is 5.55. The van der Waals surface area contributed by atoms with Crippen molar-refractivity contribution in [2.75, 3.05) is 7.05 Å². The minimum atomic E-state index is -0.215. The van der Waals surface area contributed by atoms with Gasteiger partial charge in [0.05, 0.1) is 0 Å². The lowest BCUT2D eigenvalue weighted by molar-refractivity contribution is 0.619. The van der Waals surface area contributed by atoms with Crippen LogP contribution >= 0.6 is 23.4 Å². The van der Waals surface area contributed by atoms with E-state index in [1.165, 1.54) is 17.8 Å². The molecule has 4 heteroatoms. The average molecular weight is 282 g/mol. The van der Waals surface area contributed by atoms with Crippen molar-refractivity contribution in [3.05, 3.63) is 58.9 Å². The Morgan fingerprint density at radius 2 is 2.00 bits per heavy atom. The molecule has 0 aliphatic heterocycles. The zero-order valence-electron chi connectivity index (χ0n) is 9.91. The number of rotatable bonds is 4. The zero-order chi connectivity index (χ0) is 13.0. The lowest BCUT2D eigenvalue weighted by Gasteiger charge is -2.06. The maximum Gasteiger partial charge on any atom is 0.124 e. The molecule has 18 heavy (non-hydrogen) atoms. The van der Waals surface area contributed by atoms with E-state index in [4.69, 9.17) is 11.6 Å². The Hall–Kier alpha value is -1.03. The maximum absolute atomic E-state index is 13.5. The second kappa shape index (κ2) is 6.23. The van der Waals surface area contributed by atoms with Gasteiger partial charge in [-0.2, -0.15) is 0 Å². The van der Waals surface area contributed by atoms with Crippen LogP contribution in [0.25, 0.3) is 0 Å². The van der Waals surface area contributed by atoms with E-state index in [1.807, 2.05) is 37.4 Å². The lowest BCUT2D eigenvalue weighted by atomic mass is 10.2. The predicted molar refractivity (Wildman–Crippen MR) is 74.7 cm³/mol. The van der Waals surface area contributed by atoms with Crippen molar-refractivity contribution in [2.24, 2.45) is 0 Å². The van der Waals surface area contributed by atoms with Crippen molar-refractivity contribution < 1.29 is 4.39 Å². The maximum atomic E-state index is 13.5. The van der Waals surface area contributed by atoms with Crippen LogP contribution in [0.4, 0.5) is 4.39 Å². The zero-order valence-corrected chi connectivity index (χ0v) is 11.5. The molecule has 0 amide bonds. The Balaban J connectivity index is 2.23. The first-order valence-corrected chi connectivity index (χ1v) is 6.74. The van der Waals surface area contributed by atoms with E-state index in [2.05, 4.69) is 5.32 Å². The number of nitrogens with one attached hydrogen (secondary N) is 1. The summed E-state index contributed by atoms with van der Waals surface area (Å²) in [6.07, 6.45) is 0. The molecular formula is C14H13ClFNS. The second-order valence-electron chi connectivity index (χ2n) is 3.88. The Bertz CT molecular complexity index is 545. The van der Waals surface area contributed by atoms with Crippen LogP contribution in [0, 0.1) is 5.82 Å². The van der Waals surface area contributed by atoms with Crippen LogP contribution in [0.15, 0.2) is 52.3 Å². The molecule has 0 bridgehead atoms. The Morgan fingerprint density at radius 3 is 2.72 bits per heavy atom. The molecule has 1 nitrogen and oxygen atoms in total. The summed E-state index contributed by atoms with van der Waals surface area (Å²) in [6.45, 7) is 0.654. The number of hydrogen-bond acceptors (Lipinski definition) is 2. The van der Waals surface area contributed by atoms with Crippen LogP contribution in [-0.2, 0) is 6.54 Å². The molecule has 2 rings (SSSR count). The SMILES string of the molecule is CNCc1cc(F)cc(Sc2cccc(Cl)c2)c1. The first kappa shape index (κ1) is 13.4. The fraction of sp³-hybridized carbons (Fsp3) is 0.143. The van der Waals surface area contributed by atoms with E-state index in [-0.39, 0.29) is 5.82 Å². The summed E-state index contributed by atoms with van der Waals surface area (Å²) in [5, 5.41) is 3.70. The molecule has 0 unspecified atom stereocenters. The normalized spacial score (nSPS) is 10.6. The number of hydrogen-bond donors (Lipinski definition) is 1. The predicted octanol–water partition coefficient (Wildman–Crippen LogP) is 4.35. The quantitative estimate of drug-likeness (QED) is 0.894. The minimum absolute atomic E-state index is 0.215. The summed E-state index contributed by atoms with van der Waals surface area (Å²) < 4.78 is 13.5. The van der Waals surface area contributed by atoms with E-state index in [0.717, 1.165) is 15.4 Å². The highest BCUT2D eigenvalue weighted by Gasteiger charge is 2.03. The van der Waals surface area contributed by atoms with Crippen molar-refractivity contribution in [3.63, 3.8) is 0 Å². The summed E-state index contributed by atoms with van der Waals surface area (Å²) >= 11 is 7.43. The van der Waals surface area contributed by atoms with Crippen LogP contribution in [0.3, 0.4) is 0 Å². The van der Waals surface area contributed by atoms with Gasteiger partial charge in [-0.25, -0.2) is 4.39 Å². The largest absolute Gasteiger partial charge is 0.316 e. The third-order valence-electron chi connectivity index (χ3n) is 2.34. The standard InChI is InChI=1S/C14H13ClFNS/c1-17-9-10-5-12(16)8-14(6-10)18-13-4-2-3-11(15)7-13/h2-8,17H,9H2,1H3. The van der Waals surface area contributed by atoms with E-state index >= 15 is 0 Å². The number of benzene rings is 2. The van der Waals surface area contributed by atoms with Gasteiger partial charge in [0.15, 0.2) is 0 Å². The van der Waals surface area contributed by atoms with Crippen molar-refractivity contribution >= 4 is 23.4 Å². The van der Waals surface area contributed by atoms with E-state index < -0.39 is 0 Å². The second-order valence-corrected chi connectivity index (χ2v) is 5.47. The molecule has 0 saturated heterocycles. The smallest absolute Gasteiger partial charge is 0.124 e. The highest BCUT2D eigenvalue weighted by molar-refractivity contribution is 7.99. The van der Waals surface area contributed by atoms with Crippen molar-refractivity contribution in [3.8, 4) is 0 Å². The topological polar surface area (TPSA) is 12.0 Å². The molecule has 2 aromatic carbocycles. The van der Waals surface area contributed by atoms with E-state index in [9.17, 15) is 4.39 Å². The fourth-order valence-electron chi connectivity index (χ4n) is 1.65. The average Bonchev–Trinajstić information content (AvgIpc) is 2.28. The Labute approximate surface area is 115 Å². The highest BCUT2D eigenvalue weighted by atomic mass is 35.5. The van der Waals surface area contributed by atoms with Gasteiger partial charge in [0.1, 0.15) is 5.82 Å². The third-order valence-corrected chi connectivity index (χ3v) is 3.54. The molecule has 0 spiro atoms. The summed E-state index contributed by atoms with van der Waals surface area (Å²) in [7, 11) is 1.84. The summed E-state index contributed by atoms with van der Waals surface area (Å²) in [5.74, 6) is -0.215. The molecule has 0 aliphatic carbocycles. The van der Waals surface area contributed by atoms with Gasteiger partial charge in [-0.05, 0) is 49.0 Å². The van der Waals surface area contributed by atoms with Crippen molar-refractivity contribution in [1.29, 1.82) is 0 Å². The molecule has 0 heterocycles. The number of halogens is 2. The van der Waals surface area contributed by atoms with Crippen LogP contribution in [0.5, 0.6) is 0 Å². The highest BCUT2D eigenvalue weighted by Crippen LogP contribution is 2.30. The van der Waals surface area contributed by atoms with Gasteiger partial charge in [0, 0.05) is 21.4 Å². The van der Waals surface area contributed by atoms with Gasteiger partial charge < -0.3 is 5.32 Å². The van der Waals surface area contributed by atoms with Gasteiger partial charge >= 0.3 is 0 Å². The molecule has 0 saturated carbocycles. The van der Waals surface area contributed by atoms with E-state index in [0.29, 0.717) is 11.6 Å². The van der Waals surface area contributed by atoms with Gasteiger partial charge in [-0.3, -0.25) is 0 Å². The van der Waals surface area contributed by atoms with Gasteiger partial charge in [-0.1, -0.05) is 29.4 Å². The van der Waals surface area contributed by atoms with Crippen LogP contribution in [0.1, 0.15) is 5.56 Å². The molecule has 94 valence electrons. The van der Waals surface area contributed by atoms with Crippen LogP contribution in [0.2, 0.25) is 5.02 Å². The molecule has 0 atom stereocenters. The molecule has 1 N–H and O–H groups in total. The van der Waals surface area contributed by atoms with Crippen molar-refractivity contribution in [2.45, 2.75) is 16.3 Å². The van der Waals surface area contributed by atoms with Crippen LogP contribution < -0.4 is 5.32 Å². The van der Waals surface area contributed by atoms with Gasteiger partial charge in [-0.15, -0.1) is 0 Å². The molecule has 2 aromatic rings. The van der Waals surface area contributed by atoms with Gasteiger partial charge in [0.2, 0.25) is 0 Å². The molecular weight excluding hydrogens is 269 g/mol. The van der Waals surface area contributed by atoms with Crippen molar-refractivity contribution in [1.82, 2.24) is 5.32 Å². The monoisotopic (exact) mass is 281 g/mol. The molecule has 0 aliphatic rings. The van der Waals surface area contributed by atoms with Gasteiger partial charge in [0.25, 0.3) is 0 Å². The Morgan fingerprint density at radius 1 is 1.17 bits per heavy atom. The molecule has 0 fully saturated rings. The van der Waals surface area contributed by atoms with Crippen LogP contribution in [-0.4, -0.2) is 7.05 Å². The lowest BCUT2D eigenvalue weighted by Crippen LogP contribution is -2.05. The Kier molecular flexibility index (Phi) is 4.64. The summed E-state index contributed by atoms with van der Waals surface area (Å²) in [5.41, 5.74) is 0.932. The summed E-state index contributed by atoms with van der Waals surface area (Å²) in [4.78, 5) is 1.88.